The second-order valence-electron chi connectivity index (χ2n) is 3.60. The first-order valence-corrected chi connectivity index (χ1v) is 6.65. The van der Waals surface area contributed by atoms with Crippen LogP contribution in [0.1, 0.15) is 16.1 Å². The van der Waals surface area contributed by atoms with E-state index >= 15 is 0 Å². The van der Waals surface area contributed by atoms with Crippen molar-refractivity contribution >= 4 is 33.2 Å². The van der Waals surface area contributed by atoms with E-state index in [9.17, 15) is 9.18 Å². The minimum absolute atomic E-state index is 0.197. The van der Waals surface area contributed by atoms with Crippen LogP contribution in [0.4, 0.5) is 4.39 Å². The largest absolute Gasteiger partial charge is 0.464 e. The molecule has 0 atom stereocenters. The number of nitrogens with zero attached hydrogens (tertiary/aromatic N) is 1. The zero-order chi connectivity index (χ0) is 13.3. The Hall–Kier alpha value is -1.27. The van der Waals surface area contributed by atoms with Crippen molar-refractivity contribution in [1.29, 1.82) is 0 Å². The third-order valence-corrected chi connectivity index (χ3v) is 3.96. The maximum Gasteiger partial charge on any atom is 0.358 e. The molecule has 0 radical (unpaired) electrons. The van der Waals surface area contributed by atoms with E-state index in [1.165, 1.54) is 30.6 Å². The van der Waals surface area contributed by atoms with Gasteiger partial charge in [0, 0.05) is 5.56 Å². The fraction of sp³-hybridized carbons (Fsp3) is 0.167. The Balaban J connectivity index is 2.63. The van der Waals surface area contributed by atoms with Gasteiger partial charge in [-0.3, -0.25) is 0 Å². The van der Waals surface area contributed by atoms with Crippen molar-refractivity contribution in [2.75, 3.05) is 7.11 Å². The summed E-state index contributed by atoms with van der Waals surface area (Å²) in [5, 5.41) is 0. The predicted octanol–water partition coefficient (Wildman–Crippen LogP) is 3.81. The lowest BCUT2D eigenvalue weighted by Crippen LogP contribution is -2.03. The van der Waals surface area contributed by atoms with Gasteiger partial charge in [-0.1, -0.05) is 6.07 Å². The van der Waals surface area contributed by atoms with Gasteiger partial charge in [-0.05, 0) is 40.5 Å². The quantitative estimate of drug-likeness (QED) is 0.786. The number of ether oxygens (including phenoxy) is 1. The van der Waals surface area contributed by atoms with Crippen LogP contribution in [-0.4, -0.2) is 18.1 Å². The second kappa shape index (κ2) is 5.16. The van der Waals surface area contributed by atoms with Crippen LogP contribution in [0.3, 0.4) is 0 Å². The lowest BCUT2D eigenvalue weighted by Gasteiger charge is -2.05. The van der Waals surface area contributed by atoms with Crippen LogP contribution >= 0.6 is 27.3 Å². The van der Waals surface area contributed by atoms with Gasteiger partial charge in [0.1, 0.15) is 5.82 Å². The molecular formula is C12H9BrFNO2S. The number of carbonyl (C=O) groups is 1. The SMILES string of the molecule is COC(=O)c1nc(Br)sc1-c1cc(F)ccc1C. The first-order chi connectivity index (χ1) is 8.52. The highest BCUT2D eigenvalue weighted by atomic mass is 79.9. The zero-order valence-electron chi connectivity index (χ0n) is 9.66. The maximum atomic E-state index is 13.3. The predicted molar refractivity (Wildman–Crippen MR) is 71.3 cm³/mol. The number of hydrogen-bond acceptors (Lipinski definition) is 4. The molecule has 0 bridgehead atoms. The van der Waals surface area contributed by atoms with E-state index in [0.717, 1.165) is 5.56 Å². The number of halogens is 2. The maximum absolute atomic E-state index is 13.3. The summed E-state index contributed by atoms with van der Waals surface area (Å²) in [5.74, 6) is -0.883. The summed E-state index contributed by atoms with van der Waals surface area (Å²) >= 11 is 4.50. The highest BCUT2D eigenvalue weighted by Gasteiger charge is 2.20. The normalized spacial score (nSPS) is 10.4. The number of carbonyl (C=O) groups excluding carboxylic acids is 1. The van der Waals surface area contributed by atoms with Crippen molar-refractivity contribution in [1.82, 2.24) is 4.98 Å². The van der Waals surface area contributed by atoms with Gasteiger partial charge in [-0.25, -0.2) is 14.2 Å². The molecule has 1 aromatic heterocycles. The molecule has 2 aromatic rings. The van der Waals surface area contributed by atoms with Crippen LogP contribution < -0.4 is 0 Å². The number of benzene rings is 1. The molecule has 2 rings (SSSR count). The number of aromatic nitrogens is 1. The van der Waals surface area contributed by atoms with Crippen molar-refractivity contribution in [2.24, 2.45) is 0 Å². The van der Waals surface area contributed by atoms with E-state index in [-0.39, 0.29) is 11.5 Å². The Morgan fingerprint density at radius 3 is 2.89 bits per heavy atom. The molecular weight excluding hydrogens is 321 g/mol. The number of methoxy groups -OCH3 is 1. The fourth-order valence-electron chi connectivity index (χ4n) is 1.55. The first-order valence-electron chi connectivity index (χ1n) is 5.04. The molecule has 0 aliphatic carbocycles. The Kier molecular flexibility index (Phi) is 3.77. The first kappa shape index (κ1) is 13.2. The van der Waals surface area contributed by atoms with Gasteiger partial charge < -0.3 is 4.74 Å². The lowest BCUT2D eigenvalue weighted by atomic mass is 10.1. The highest BCUT2D eigenvalue weighted by Crippen LogP contribution is 2.35. The van der Waals surface area contributed by atoms with Gasteiger partial charge in [-0.2, -0.15) is 0 Å². The highest BCUT2D eigenvalue weighted by molar-refractivity contribution is 9.11. The molecule has 94 valence electrons. The van der Waals surface area contributed by atoms with Gasteiger partial charge in [0.05, 0.1) is 12.0 Å². The van der Waals surface area contributed by atoms with Crippen LogP contribution in [0, 0.1) is 12.7 Å². The molecule has 0 spiro atoms. The topological polar surface area (TPSA) is 39.2 Å². The average molecular weight is 330 g/mol. The third kappa shape index (κ3) is 2.44. The second-order valence-corrected chi connectivity index (χ2v) is 5.87. The van der Waals surface area contributed by atoms with Gasteiger partial charge >= 0.3 is 5.97 Å². The van der Waals surface area contributed by atoms with Gasteiger partial charge in [-0.15, -0.1) is 11.3 Å². The van der Waals surface area contributed by atoms with Crippen molar-refractivity contribution in [3.63, 3.8) is 0 Å². The van der Waals surface area contributed by atoms with E-state index in [1.807, 2.05) is 6.92 Å². The minimum Gasteiger partial charge on any atom is -0.464 e. The summed E-state index contributed by atoms with van der Waals surface area (Å²) in [7, 11) is 1.29. The molecule has 0 saturated carbocycles. The standard InChI is InChI=1S/C12H9BrFNO2S/c1-6-3-4-7(14)5-8(6)10-9(11(16)17-2)15-12(13)18-10/h3-5H,1-2H3. The molecule has 0 saturated heterocycles. The summed E-state index contributed by atoms with van der Waals surface area (Å²) in [4.78, 5) is 16.3. The van der Waals surface area contributed by atoms with Crippen LogP contribution in [0.2, 0.25) is 0 Å². The van der Waals surface area contributed by atoms with Crippen LogP contribution in [0.5, 0.6) is 0 Å². The van der Waals surface area contributed by atoms with E-state index in [0.29, 0.717) is 14.4 Å². The van der Waals surface area contributed by atoms with E-state index < -0.39 is 5.97 Å². The Morgan fingerprint density at radius 1 is 1.50 bits per heavy atom. The van der Waals surface area contributed by atoms with E-state index in [2.05, 4.69) is 25.7 Å². The smallest absolute Gasteiger partial charge is 0.358 e. The summed E-state index contributed by atoms with van der Waals surface area (Å²) < 4.78 is 18.5. The van der Waals surface area contributed by atoms with Crippen molar-refractivity contribution in [2.45, 2.75) is 6.92 Å². The van der Waals surface area contributed by atoms with Crippen LogP contribution in [0.25, 0.3) is 10.4 Å². The zero-order valence-corrected chi connectivity index (χ0v) is 12.1. The number of aryl methyl sites for hydroxylation is 1. The third-order valence-electron chi connectivity index (χ3n) is 2.42. The van der Waals surface area contributed by atoms with Crippen LogP contribution in [-0.2, 0) is 4.74 Å². The van der Waals surface area contributed by atoms with Gasteiger partial charge in [0.15, 0.2) is 9.61 Å². The molecule has 0 fully saturated rings. The molecule has 3 nitrogen and oxygen atoms in total. The van der Waals surface area contributed by atoms with E-state index in [1.54, 1.807) is 6.07 Å². The molecule has 0 unspecified atom stereocenters. The average Bonchev–Trinajstić information content (AvgIpc) is 2.73. The number of thiazole rings is 1. The molecule has 6 heteroatoms. The lowest BCUT2D eigenvalue weighted by molar-refractivity contribution is 0.0595. The van der Waals surface area contributed by atoms with Gasteiger partial charge in [0.2, 0.25) is 0 Å². The monoisotopic (exact) mass is 329 g/mol. The summed E-state index contributed by atoms with van der Waals surface area (Å²) in [5.41, 5.74) is 1.72. The van der Waals surface area contributed by atoms with E-state index in [4.69, 9.17) is 0 Å². The molecule has 0 aliphatic heterocycles. The van der Waals surface area contributed by atoms with Crippen molar-refractivity contribution < 1.29 is 13.9 Å². The van der Waals surface area contributed by atoms with Gasteiger partial charge in [0.25, 0.3) is 0 Å². The summed E-state index contributed by atoms with van der Waals surface area (Å²) in [6, 6.07) is 4.44. The number of rotatable bonds is 2. The van der Waals surface area contributed by atoms with Crippen LogP contribution in [0.15, 0.2) is 22.1 Å². The molecule has 1 aromatic carbocycles. The molecule has 0 aliphatic rings. The Labute approximate surface area is 116 Å². The number of hydrogen-bond donors (Lipinski definition) is 0. The van der Waals surface area contributed by atoms with Crippen molar-refractivity contribution in [3.8, 4) is 10.4 Å². The summed E-state index contributed by atoms with van der Waals surface area (Å²) in [6.07, 6.45) is 0. The molecule has 0 N–H and O–H groups in total. The minimum atomic E-state index is -0.532. The fourth-order valence-corrected chi connectivity index (χ4v) is 3.07. The van der Waals surface area contributed by atoms with Crippen molar-refractivity contribution in [3.05, 3.63) is 39.2 Å². The Morgan fingerprint density at radius 2 is 2.22 bits per heavy atom. The summed E-state index contributed by atoms with van der Waals surface area (Å²) in [6.45, 7) is 1.85. The number of esters is 1. The Bertz CT molecular complexity index is 612. The molecule has 18 heavy (non-hydrogen) atoms. The molecule has 1 heterocycles. The molecule has 0 amide bonds.